The van der Waals surface area contributed by atoms with E-state index in [1.165, 1.54) is 24.5 Å². The minimum Gasteiger partial charge on any atom is -0.471 e. The highest BCUT2D eigenvalue weighted by Crippen LogP contribution is 2.29. The van der Waals surface area contributed by atoms with Gasteiger partial charge in [0.15, 0.2) is 5.56 Å². The van der Waals surface area contributed by atoms with Crippen LogP contribution in [0.15, 0.2) is 52.0 Å². The van der Waals surface area contributed by atoms with Crippen LogP contribution in [0.3, 0.4) is 0 Å². The molecule has 0 bridgehead atoms. The number of carbonyl (C=O) groups is 2. The molecule has 0 saturated heterocycles. The Morgan fingerprint density at radius 1 is 1.03 bits per heavy atom. The average molecular weight is 557 g/mol. The lowest BCUT2D eigenvalue weighted by molar-refractivity contribution is 0.0434. The zero-order chi connectivity index (χ0) is 25.9. The molecule has 0 aliphatic carbocycles. The summed E-state index contributed by atoms with van der Waals surface area (Å²) >= 11 is 17.7. The molecule has 0 aliphatic rings. The Labute approximate surface area is 221 Å². The van der Waals surface area contributed by atoms with Gasteiger partial charge in [0.2, 0.25) is 0 Å². The second-order valence-electron chi connectivity index (χ2n) is 6.79. The van der Waals surface area contributed by atoms with E-state index >= 15 is 0 Å². The standard InChI is InChI=1S/C23H20Cl3N3O7/c1-2-32-23(31)19-20(27-13-28-35-12-14-3-5-15(24)6-4-14)36-29-21(19)33-9-10-34-22(30)17-8-7-16(25)11-18(17)26/h3-8,11,13H,2,9-10,12H2,1H3,(H,27,28). The fraction of sp³-hybridized carbons (Fsp3) is 0.217. The summed E-state index contributed by atoms with van der Waals surface area (Å²) in [4.78, 5) is 33.8. The zero-order valence-electron chi connectivity index (χ0n) is 18.8. The fourth-order valence-corrected chi connectivity index (χ4v) is 3.28. The molecule has 1 aromatic heterocycles. The number of halogens is 3. The van der Waals surface area contributed by atoms with Gasteiger partial charge < -0.3 is 18.7 Å². The topological polar surface area (TPSA) is 121 Å². The molecule has 36 heavy (non-hydrogen) atoms. The highest BCUT2D eigenvalue weighted by atomic mass is 35.5. The van der Waals surface area contributed by atoms with Crippen LogP contribution in [0.2, 0.25) is 15.1 Å². The van der Waals surface area contributed by atoms with Gasteiger partial charge in [-0.3, -0.25) is 10.3 Å². The van der Waals surface area contributed by atoms with Crippen molar-refractivity contribution in [2.75, 3.05) is 19.8 Å². The maximum absolute atomic E-state index is 12.4. The quantitative estimate of drug-likeness (QED) is 0.102. The SMILES string of the molecule is CCOC(=O)c1c(OCCOC(=O)c2ccc(Cl)cc2Cl)noc1N=CNOCc1ccc(Cl)cc1. The molecule has 2 aromatic carbocycles. The monoisotopic (exact) mass is 555 g/mol. The van der Waals surface area contributed by atoms with E-state index in [2.05, 4.69) is 15.6 Å². The molecule has 3 aromatic rings. The van der Waals surface area contributed by atoms with Crippen molar-refractivity contribution in [1.29, 1.82) is 0 Å². The van der Waals surface area contributed by atoms with Crippen molar-refractivity contribution >= 4 is 59.0 Å². The highest BCUT2D eigenvalue weighted by Gasteiger charge is 2.26. The van der Waals surface area contributed by atoms with Crippen LogP contribution in [0, 0.1) is 0 Å². The van der Waals surface area contributed by atoms with Crippen LogP contribution in [0.25, 0.3) is 0 Å². The number of nitrogens with zero attached hydrogens (tertiary/aromatic N) is 2. The molecule has 1 heterocycles. The minimum atomic E-state index is -0.757. The fourth-order valence-electron chi connectivity index (χ4n) is 2.67. The van der Waals surface area contributed by atoms with Crippen molar-refractivity contribution in [1.82, 2.24) is 10.6 Å². The summed E-state index contributed by atoms with van der Waals surface area (Å²) in [6.07, 6.45) is 1.17. The van der Waals surface area contributed by atoms with Gasteiger partial charge in [0.25, 0.3) is 11.8 Å². The number of esters is 2. The molecule has 1 N–H and O–H groups in total. The largest absolute Gasteiger partial charge is 0.471 e. The van der Waals surface area contributed by atoms with E-state index in [4.69, 9.17) is 58.4 Å². The zero-order valence-corrected chi connectivity index (χ0v) is 21.1. The van der Waals surface area contributed by atoms with E-state index in [0.717, 1.165) is 5.56 Å². The predicted molar refractivity (Wildman–Crippen MR) is 132 cm³/mol. The smallest absolute Gasteiger partial charge is 0.349 e. The minimum absolute atomic E-state index is 0.106. The molecule has 13 heteroatoms. The summed E-state index contributed by atoms with van der Waals surface area (Å²) in [6, 6.07) is 11.5. The van der Waals surface area contributed by atoms with Gasteiger partial charge in [-0.2, -0.15) is 4.99 Å². The number of ether oxygens (including phenoxy) is 3. The van der Waals surface area contributed by atoms with Crippen LogP contribution in [0.1, 0.15) is 33.2 Å². The first-order valence-electron chi connectivity index (χ1n) is 10.4. The first kappa shape index (κ1) is 27.3. The van der Waals surface area contributed by atoms with E-state index < -0.39 is 11.9 Å². The third-order valence-corrected chi connectivity index (χ3v) is 5.10. The normalized spacial score (nSPS) is 10.9. The number of benzene rings is 2. The van der Waals surface area contributed by atoms with Gasteiger partial charge in [0.1, 0.15) is 19.6 Å². The molecule has 0 unspecified atom stereocenters. The van der Waals surface area contributed by atoms with Gasteiger partial charge in [0.05, 0.1) is 23.8 Å². The van der Waals surface area contributed by atoms with Gasteiger partial charge >= 0.3 is 11.9 Å². The molecule has 0 spiro atoms. The van der Waals surface area contributed by atoms with Crippen LogP contribution in [-0.2, 0) is 20.9 Å². The lowest BCUT2D eigenvalue weighted by Crippen LogP contribution is -2.14. The summed E-state index contributed by atoms with van der Waals surface area (Å²) in [6.45, 7) is 1.68. The summed E-state index contributed by atoms with van der Waals surface area (Å²) in [5.41, 5.74) is 3.40. The average Bonchev–Trinajstić information content (AvgIpc) is 3.25. The van der Waals surface area contributed by atoms with Crippen molar-refractivity contribution in [2.45, 2.75) is 13.5 Å². The number of nitrogens with one attached hydrogen (secondary N) is 1. The number of hydroxylamine groups is 1. The van der Waals surface area contributed by atoms with E-state index in [1.807, 2.05) is 0 Å². The van der Waals surface area contributed by atoms with Gasteiger partial charge in [-0.1, -0.05) is 46.9 Å². The van der Waals surface area contributed by atoms with E-state index in [9.17, 15) is 9.59 Å². The van der Waals surface area contributed by atoms with Crippen LogP contribution in [-0.4, -0.2) is 43.3 Å². The summed E-state index contributed by atoms with van der Waals surface area (Å²) < 4.78 is 20.7. The van der Waals surface area contributed by atoms with Crippen LogP contribution >= 0.6 is 34.8 Å². The number of hydrogen-bond acceptors (Lipinski definition) is 9. The lowest BCUT2D eigenvalue weighted by Gasteiger charge is -2.07. The Balaban J connectivity index is 1.55. The van der Waals surface area contributed by atoms with Gasteiger partial charge in [-0.05, 0) is 48.0 Å². The van der Waals surface area contributed by atoms with Crippen molar-refractivity contribution < 1.29 is 33.2 Å². The third kappa shape index (κ3) is 7.85. The summed E-state index contributed by atoms with van der Waals surface area (Å²) in [5.74, 6) is -1.77. The van der Waals surface area contributed by atoms with Crippen molar-refractivity contribution in [3.05, 3.63) is 74.2 Å². The summed E-state index contributed by atoms with van der Waals surface area (Å²) in [7, 11) is 0. The molecule has 0 radical (unpaired) electrons. The Morgan fingerprint density at radius 2 is 1.78 bits per heavy atom. The van der Waals surface area contributed by atoms with Crippen molar-refractivity contribution in [3.8, 4) is 5.88 Å². The number of hydrogen-bond donors (Lipinski definition) is 1. The van der Waals surface area contributed by atoms with E-state index in [-0.39, 0.29) is 54.3 Å². The number of aromatic nitrogens is 1. The first-order chi connectivity index (χ1) is 17.4. The second-order valence-corrected chi connectivity index (χ2v) is 8.07. The molecular weight excluding hydrogens is 537 g/mol. The predicted octanol–water partition coefficient (Wildman–Crippen LogP) is 5.43. The second kappa shape index (κ2) is 13.7. The molecule has 3 rings (SSSR count). The first-order valence-corrected chi connectivity index (χ1v) is 11.6. The molecule has 0 amide bonds. The lowest BCUT2D eigenvalue weighted by atomic mass is 10.2. The Hall–Kier alpha value is -3.31. The summed E-state index contributed by atoms with van der Waals surface area (Å²) in [5, 5.41) is 4.86. The molecule has 190 valence electrons. The Morgan fingerprint density at radius 3 is 2.50 bits per heavy atom. The van der Waals surface area contributed by atoms with Crippen molar-refractivity contribution in [3.63, 3.8) is 0 Å². The number of aliphatic imine (C=N–C) groups is 1. The van der Waals surface area contributed by atoms with E-state index in [0.29, 0.717) is 10.0 Å². The van der Waals surface area contributed by atoms with Gasteiger partial charge in [-0.15, -0.1) is 0 Å². The van der Waals surface area contributed by atoms with Gasteiger partial charge in [0, 0.05) is 10.0 Å². The van der Waals surface area contributed by atoms with Crippen LogP contribution in [0.5, 0.6) is 5.88 Å². The maximum Gasteiger partial charge on any atom is 0.349 e. The van der Waals surface area contributed by atoms with Crippen LogP contribution < -0.4 is 10.2 Å². The maximum atomic E-state index is 12.4. The molecular formula is C23H20Cl3N3O7. The molecule has 0 atom stereocenters. The Kier molecular flexibility index (Phi) is 10.4. The van der Waals surface area contributed by atoms with E-state index in [1.54, 1.807) is 31.2 Å². The number of rotatable bonds is 12. The van der Waals surface area contributed by atoms with Crippen LogP contribution in [0.4, 0.5) is 5.88 Å². The van der Waals surface area contributed by atoms with Gasteiger partial charge in [-0.25, -0.2) is 9.59 Å². The third-order valence-electron chi connectivity index (χ3n) is 4.30. The Bertz CT molecular complexity index is 1220. The number of carbonyl (C=O) groups excluding carboxylic acids is 2. The highest BCUT2D eigenvalue weighted by molar-refractivity contribution is 6.36. The molecule has 0 aliphatic heterocycles. The molecule has 10 nitrogen and oxygen atoms in total. The molecule has 0 saturated carbocycles. The molecule has 0 fully saturated rings. The van der Waals surface area contributed by atoms with Crippen molar-refractivity contribution in [2.24, 2.45) is 4.99 Å².